The van der Waals surface area contributed by atoms with Crippen molar-refractivity contribution in [3.8, 4) is 0 Å². The Morgan fingerprint density at radius 2 is 2.16 bits per heavy atom. The number of hydrogen-bond donors (Lipinski definition) is 1. The molecule has 0 spiro atoms. The Morgan fingerprint density at radius 3 is 2.84 bits per heavy atom. The van der Waals surface area contributed by atoms with Gasteiger partial charge in [0.1, 0.15) is 5.82 Å². The van der Waals surface area contributed by atoms with Gasteiger partial charge in [-0.15, -0.1) is 5.10 Å². The molecule has 0 atom stereocenters. The van der Waals surface area contributed by atoms with E-state index in [9.17, 15) is 10.1 Å². The maximum atomic E-state index is 11.4. The number of rotatable bonds is 5. The normalized spacial score (nSPS) is 11.1. The van der Waals surface area contributed by atoms with Crippen molar-refractivity contribution in [3.05, 3.63) is 69.0 Å². The average molecular weight is 374 g/mol. The Kier molecular flexibility index (Phi) is 5.11. The summed E-state index contributed by atoms with van der Waals surface area (Å²) in [7, 11) is 0. The molecule has 9 heteroatoms. The van der Waals surface area contributed by atoms with Gasteiger partial charge in [0.25, 0.3) is 5.69 Å². The van der Waals surface area contributed by atoms with Gasteiger partial charge >= 0.3 is 0 Å². The summed E-state index contributed by atoms with van der Waals surface area (Å²) in [4.78, 5) is 19.8. The summed E-state index contributed by atoms with van der Waals surface area (Å²) >= 11 is 7.04. The zero-order valence-electron chi connectivity index (χ0n) is 13.0. The highest BCUT2D eigenvalue weighted by Crippen LogP contribution is 2.33. The standard InChI is InChI=1S/C16H12ClN5O2S/c1-10-19-16(21-20-10)25-15-6-5-11(7-14(15)22(23)24)9-18-13-4-2-3-12(17)8-13/h2-9H,1H3,(H,19,20,21). The molecular formula is C16H12ClN5O2S. The number of benzene rings is 2. The van der Waals surface area contributed by atoms with Crippen LogP contribution in [-0.4, -0.2) is 26.3 Å². The first-order valence-corrected chi connectivity index (χ1v) is 8.35. The summed E-state index contributed by atoms with van der Waals surface area (Å²) in [5.74, 6) is 0.649. The molecule has 1 heterocycles. The van der Waals surface area contributed by atoms with Gasteiger partial charge in [0.2, 0.25) is 5.16 Å². The number of H-pyrrole nitrogens is 1. The van der Waals surface area contributed by atoms with E-state index in [4.69, 9.17) is 11.6 Å². The van der Waals surface area contributed by atoms with Crippen molar-refractivity contribution in [1.82, 2.24) is 15.2 Å². The molecular weight excluding hydrogens is 362 g/mol. The van der Waals surface area contributed by atoms with Crippen LogP contribution in [0.5, 0.6) is 0 Å². The molecule has 2 aromatic carbocycles. The van der Waals surface area contributed by atoms with Crippen LogP contribution in [0.4, 0.5) is 11.4 Å². The molecule has 0 radical (unpaired) electrons. The highest BCUT2D eigenvalue weighted by atomic mass is 35.5. The van der Waals surface area contributed by atoms with Crippen LogP contribution in [0.3, 0.4) is 0 Å². The van der Waals surface area contributed by atoms with Crippen molar-refractivity contribution in [1.29, 1.82) is 0 Å². The maximum Gasteiger partial charge on any atom is 0.283 e. The van der Waals surface area contributed by atoms with E-state index in [1.807, 2.05) is 0 Å². The van der Waals surface area contributed by atoms with Gasteiger partial charge in [-0.05, 0) is 48.5 Å². The molecule has 0 aliphatic carbocycles. The fourth-order valence-corrected chi connectivity index (χ4v) is 3.04. The molecule has 0 aliphatic heterocycles. The van der Waals surface area contributed by atoms with Crippen molar-refractivity contribution < 1.29 is 4.92 Å². The van der Waals surface area contributed by atoms with Gasteiger partial charge in [-0.3, -0.25) is 20.2 Å². The third-order valence-corrected chi connectivity index (χ3v) is 4.29. The Morgan fingerprint density at radius 1 is 1.32 bits per heavy atom. The van der Waals surface area contributed by atoms with E-state index in [1.165, 1.54) is 6.07 Å². The van der Waals surface area contributed by atoms with Crippen LogP contribution >= 0.6 is 23.4 Å². The SMILES string of the molecule is Cc1nc(Sc2ccc(C=Nc3cccc(Cl)c3)cc2[N+](=O)[O-])n[nH]1. The predicted molar refractivity (Wildman–Crippen MR) is 97.0 cm³/mol. The van der Waals surface area contributed by atoms with Crippen LogP contribution in [0.1, 0.15) is 11.4 Å². The molecule has 0 aliphatic rings. The molecule has 0 saturated carbocycles. The molecule has 25 heavy (non-hydrogen) atoms. The lowest BCUT2D eigenvalue weighted by Gasteiger charge is -2.01. The van der Waals surface area contributed by atoms with Crippen LogP contribution in [0, 0.1) is 17.0 Å². The average Bonchev–Trinajstić information content (AvgIpc) is 2.99. The van der Waals surface area contributed by atoms with E-state index in [1.54, 1.807) is 49.5 Å². The number of aromatic amines is 1. The molecule has 3 aromatic rings. The van der Waals surface area contributed by atoms with E-state index < -0.39 is 4.92 Å². The third kappa shape index (κ3) is 4.43. The number of aliphatic imine (C=N–C) groups is 1. The van der Waals surface area contributed by atoms with Gasteiger partial charge in [0, 0.05) is 17.3 Å². The van der Waals surface area contributed by atoms with Crippen molar-refractivity contribution in [3.63, 3.8) is 0 Å². The molecule has 0 fully saturated rings. The second-order valence-electron chi connectivity index (χ2n) is 5.03. The second kappa shape index (κ2) is 7.45. The van der Waals surface area contributed by atoms with Gasteiger partial charge in [-0.1, -0.05) is 23.7 Å². The zero-order chi connectivity index (χ0) is 17.8. The van der Waals surface area contributed by atoms with Crippen LogP contribution in [0.15, 0.2) is 57.5 Å². The van der Waals surface area contributed by atoms with E-state index >= 15 is 0 Å². The fourth-order valence-electron chi connectivity index (χ4n) is 2.02. The summed E-state index contributed by atoms with van der Waals surface area (Å²) in [6, 6.07) is 11.9. The van der Waals surface area contributed by atoms with Crippen molar-refractivity contribution in [2.24, 2.45) is 4.99 Å². The molecule has 126 valence electrons. The Balaban J connectivity index is 1.87. The first kappa shape index (κ1) is 17.1. The molecule has 1 aromatic heterocycles. The largest absolute Gasteiger partial charge is 0.283 e. The maximum absolute atomic E-state index is 11.4. The summed E-state index contributed by atoms with van der Waals surface area (Å²) in [6.45, 7) is 1.76. The minimum absolute atomic E-state index is 0.0255. The van der Waals surface area contributed by atoms with E-state index in [0.717, 1.165) is 11.8 Å². The van der Waals surface area contributed by atoms with Crippen LogP contribution in [0.2, 0.25) is 5.02 Å². The van der Waals surface area contributed by atoms with Crippen LogP contribution in [0.25, 0.3) is 0 Å². The summed E-state index contributed by atoms with van der Waals surface area (Å²) in [5.41, 5.74) is 1.26. The lowest BCUT2D eigenvalue weighted by atomic mass is 10.2. The number of aromatic nitrogens is 3. The molecule has 0 saturated heterocycles. The molecule has 3 rings (SSSR count). The lowest BCUT2D eigenvalue weighted by molar-refractivity contribution is -0.387. The second-order valence-corrected chi connectivity index (χ2v) is 6.47. The van der Waals surface area contributed by atoms with Crippen LogP contribution < -0.4 is 0 Å². The molecule has 1 N–H and O–H groups in total. The van der Waals surface area contributed by atoms with E-state index in [0.29, 0.717) is 32.1 Å². The molecule has 0 bridgehead atoms. The molecule has 0 amide bonds. The van der Waals surface area contributed by atoms with Crippen molar-refractivity contribution >= 4 is 41.0 Å². The minimum atomic E-state index is -0.432. The van der Waals surface area contributed by atoms with Gasteiger partial charge in [0.05, 0.1) is 15.5 Å². The quantitative estimate of drug-likeness (QED) is 0.401. The molecule has 0 unspecified atom stereocenters. The topological polar surface area (TPSA) is 97.1 Å². The lowest BCUT2D eigenvalue weighted by Crippen LogP contribution is -1.93. The Bertz CT molecular complexity index is 957. The number of halogens is 1. The third-order valence-electron chi connectivity index (χ3n) is 3.13. The number of nitro benzene ring substituents is 1. The Labute approximate surface area is 152 Å². The van der Waals surface area contributed by atoms with Crippen molar-refractivity contribution in [2.75, 3.05) is 0 Å². The molecule has 7 nitrogen and oxygen atoms in total. The number of nitrogens with one attached hydrogen (secondary N) is 1. The fraction of sp³-hybridized carbons (Fsp3) is 0.0625. The predicted octanol–water partition coefficient (Wildman–Crippen LogP) is 4.58. The van der Waals surface area contributed by atoms with Crippen molar-refractivity contribution in [2.45, 2.75) is 17.0 Å². The summed E-state index contributed by atoms with van der Waals surface area (Å²) < 4.78 is 0. The van der Waals surface area contributed by atoms with E-state index in [-0.39, 0.29) is 5.69 Å². The first-order valence-electron chi connectivity index (χ1n) is 7.16. The van der Waals surface area contributed by atoms with Gasteiger partial charge < -0.3 is 0 Å². The number of aryl methyl sites for hydroxylation is 1. The van der Waals surface area contributed by atoms with Gasteiger partial charge in [-0.25, -0.2) is 4.98 Å². The van der Waals surface area contributed by atoms with Gasteiger partial charge in [0.15, 0.2) is 0 Å². The highest BCUT2D eigenvalue weighted by Gasteiger charge is 2.17. The first-order chi connectivity index (χ1) is 12.0. The Hall–Kier alpha value is -2.71. The summed E-state index contributed by atoms with van der Waals surface area (Å²) in [5, 5.41) is 19.1. The smallest absolute Gasteiger partial charge is 0.262 e. The van der Waals surface area contributed by atoms with Crippen LogP contribution in [-0.2, 0) is 0 Å². The monoisotopic (exact) mass is 373 g/mol. The minimum Gasteiger partial charge on any atom is -0.262 e. The number of hydrogen-bond acceptors (Lipinski definition) is 6. The summed E-state index contributed by atoms with van der Waals surface area (Å²) in [6.07, 6.45) is 1.56. The highest BCUT2D eigenvalue weighted by molar-refractivity contribution is 7.99. The number of nitro groups is 1. The van der Waals surface area contributed by atoms with E-state index in [2.05, 4.69) is 20.2 Å². The van der Waals surface area contributed by atoms with Gasteiger partial charge in [-0.2, -0.15) is 0 Å². The number of nitrogens with zero attached hydrogens (tertiary/aromatic N) is 4. The zero-order valence-corrected chi connectivity index (χ0v) is 14.6.